The number of hydrogen-bond acceptors (Lipinski definition) is 4. The molecule has 34 heavy (non-hydrogen) atoms. The molecule has 0 bridgehead atoms. The van der Waals surface area contributed by atoms with E-state index in [0.717, 1.165) is 49.1 Å². The molecule has 4 saturated carbocycles. The SMILES string of the molecule is CCOC[C@@]1(O)CC[C@H]2[C@@H](CC[C@@H]3[C@@H]2CC[C@]2(C)[C@@H](C(=O)CN(C)c4ccccc4)CC[C@@H]32)C1. The van der Waals surface area contributed by atoms with Crippen molar-refractivity contribution in [2.75, 3.05) is 31.7 Å². The minimum Gasteiger partial charge on any atom is -0.387 e. The minimum atomic E-state index is -0.608. The first kappa shape index (κ1) is 24.3. The number of nitrogens with zero attached hydrogens (tertiary/aromatic N) is 1. The number of rotatable bonds is 7. The summed E-state index contributed by atoms with van der Waals surface area (Å²) < 4.78 is 5.64. The monoisotopic (exact) mass is 467 g/mol. The Hall–Kier alpha value is -1.39. The number of likely N-dealkylation sites (N-methyl/N-ethyl adjacent to an activating group) is 1. The highest BCUT2D eigenvalue weighted by molar-refractivity contribution is 5.86. The van der Waals surface area contributed by atoms with Crippen LogP contribution in [0.2, 0.25) is 0 Å². The van der Waals surface area contributed by atoms with E-state index < -0.39 is 5.60 Å². The molecule has 0 spiro atoms. The molecule has 4 nitrogen and oxygen atoms in total. The van der Waals surface area contributed by atoms with Crippen LogP contribution in [0.25, 0.3) is 0 Å². The molecule has 0 aromatic heterocycles. The molecule has 4 aliphatic rings. The molecule has 0 saturated heterocycles. The van der Waals surface area contributed by atoms with Gasteiger partial charge in [-0.2, -0.15) is 0 Å². The molecular formula is C30H45NO3. The van der Waals surface area contributed by atoms with Gasteiger partial charge in [0.25, 0.3) is 0 Å². The zero-order valence-electron chi connectivity index (χ0n) is 21.5. The standard InChI is InChI=1S/C30H45NO3/c1-4-34-20-30(33)17-15-23-21(18-30)10-11-25-24(23)14-16-29(2)26(25)12-13-27(29)28(32)19-31(3)22-8-6-5-7-9-22/h5-9,21,23-27,33H,4,10-20H2,1-3H3/t21-,23-,24+,25+,26-,27+,29-,30+/m0/s1. The van der Waals surface area contributed by atoms with E-state index in [4.69, 9.17) is 4.74 Å². The fourth-order valence-electron chi connectivity index (χ4n) is 9.03. The average Bonchev–Trinajstić information content (AvgIpc) is 3.20. The Bertz CT molecular complexity index is 858. The van der Waals surface area contributed by atoms with E-state index in [1.807, 2.05) is 25.1 Å². The van der Waals surface area contributed by atoms with Gasteiger partial charge in [-0.15, -0.1) is 0 Å². The maximum Gasteiger partial charge on any atom is 0.155 e. The summed E-state index contributed by atoms with van der Waals surface area (Å²) in [4.78, 5) is 15.7. The second-order valence-electron chi connectivity index (χ2n) is 12.4. The number of aliphatic hydroxyl groups is 1. The van der Waals surface area contributed by atoms with E-state index in [-0.39, 0.29) is 11.3 Å². The fraction of sp³-hybridized carbons (Fsp3) is 0.767. The van der Waals surface area contributed by atoms with E-state index in [0.29, 0.717) is 37.4 Å². The largest absolute Gasteiger partial charge is 0.387 e. The molecule has 0 amide bonds. The zero-order chi connectivity index (χ0) is 23.9. The first-order valence-electron chi connectivity index (χ1n) is 13.9. The Morgan fingerprint density at radius 1 is 1.03 bits per heavy atom. The number of anilines is 1. The van der Waals surface area contributed by atoms with Gasteiger partial charge in [-0.25, -0.2) is 0 Å². The normalized spacial score (nSPS) is 41.3. The summed E-state index contributed by atoms with van der Waals surface area (Å²) in [6.45, 7) is 6.18. The Morgan fingerprint density at radius 3 is 2.56 bits per heavy atom. The average molecular weight is 468 g/mol. The Morgan fingerprint density at radius 2 is 1.79 bits per heavy atom. The summed E-state index contributed by atoms with van der Waals surface area (Å²) in [6.07, 6.45) is 10.3. The predicted molar refractivity (Wildman–Crippen MR) is 137 cm³/mol. The van der Waals surface area contributed by atoms with Gasteiger partial charge >= 0.3 is 0 Å². The molecule has 4 aliphatic carbocycles. The van der Waals surface area contributed by atoms with Gasteiger partial charge in [0.1, 0.15) is 0 Å². The fourth-order valence-corrected chi connectivity index (χ4v) is 9.03. The highest BCUT2D eigenvalue weighted by atomic mass is 16.5. The van der Waals surface area contributed by atoms with Crippen LogP contribution in [0.3, 0.4) is 0 Å². The lowest BCUT2D eigenvalue weighted by molar-refractivity contribution is -0.136. The van der Waals surface area contributed by atoms with Gasteiger partial charge in [-0.05, 0) is 112 Å². The Kier molecular flexibility index (Phi) is 6.85. The molecule has 0 heterocycles. The van der Waals surface area contributed by atoms with Crippen molar-refractivity contribution in [1.29, 1.82) is 0 Å². The molecule has 1 aromatic carbocycles. The van der Waals surface area contributed by atoms with Gasteiger partial charge in [0, 0.05) is 25.3 Å². The van der Waals surface area contributed by atoms with Crippen LogP contribution in [0.5, 0.6) is 0 Å². The second-order valence-corrected chi connectivity index (χ2v) is 12.4. The molecule has 5 rings (SSSR count). The predicted octanol–water partition coefficient (Wildman–Crippen LogP) is 5.73. The van der Waals surface area contributed by atoms with Crippen LogP contribution in [0.4, 0.5) is 5.69 Å². The van der Waals surface area contributed by atoms with Crippen LogP contribution in [-0.4, -0.2) is 43.3 Å². The van der Waals surface area contributed by atoms with E-state index in [1.54, 1.807) is 0 Å². The van der Waals surface area contributed by atoms with Crippen LogP contribution >= 0.6 is 0 Å². The topological polar surface area (TPSA) is 49.8 Å². The summed E-state index contributed by atoms with van der Waals surface area (Å²) in [5.41, 5.74) is 0.690. The van der Waals surface area contributed by atoms with Crippen LogP contribution in [0.15, 0.2) is 30.3 Å². The number of ether oxygens (including phenoxy) is 1. The lowest BCUT2D eigenvalue weighted by Gasteiger charge is -2.57. The molecule has 4 fully saturated rings. The van der Waals surface area contributed by atoms with Crippen molar-refractivity contribution < 1.29 is 14.6 Å². The number of benzene rings is 1. The van der Waals surface area contributed by atoms with Gasteiger partial charge in [0.05, 0.1) is 18.8 Å². The van der Waals surface area contributed by atoms with Gasteiger partial charge in [0.15, 0.2) is 5.78 Å². The van der Waals surface area contributed by atoms with Crippen molar-refractivity contribution in [1.82, 2.24) is 0 Å². The Balaban J connectivity index is 1.25. The second kappa shape index (κ2) is 9.58. The number of ketones is 1. The van der Waals surface area contributed by atoms with Crippen molar-refractivity contribution in [3.05, 3.63) is 30.3 Å². The third-order valence-corrected chi connectivity index (χ3v) is 10.7. The molecule has 188 valence electrons. The minimum absolute atomic E-state index is 0.174. The lowest BCUT2D eigenvalue weighted by Crippen LogP contribution is -2.52. The van der Waals surface area contributed by atoms with Crippen molar-refractivity contribution in [2.24, 2.45) is 40.9 Å². The summed E-state index contributed by atoms with van der Waals surface area (Å²) >= 11 is 0. The lowest BCUT2D eigenvalue weighted by atomic mass is 9.49. The number of Topliss-reactive ketones (excluding diaryl/α,β-unsaturated/α-hetero) is 1. The Labute approximate surface area is 206 Å². The van der Waals surface area contributed by atoms with E-state index in [9.17, 15) is 9.90 Å². The first-order chi connectivity index (χ1) is 16.3. The molecule has 0 aliphatic heterocycles. The van der Waals surface area contributed by atoms with Crippen molar-refractivity contribution >= 4 is 11.5 Å². The van der Waals surface area contributed by atoms with Crippen molar-refractivity contribution in [3.8, 4) is 0 Å². The molecular weight excluding hydrogens is 422 g/mol. The maximum atomic E-state index is 13.6. The molecule has 0 unspecified atom stereocenters. The molecule has 1 N–H and O–H groups in total. The number of carbonyl (C=O) groups excluding carboxylic acids is 1. The van der Waals surface area contributed by atoms with Crippen molar-refractivity contribution in [2.45, 2.75) is 77.2 Å². The molecule has 0 radical (unpaired) electrons. The van der Waals surface area contributed by atoms with Crippen LogP contribution in [0, 0.1) is 40.9 Å². The number of hydrogen-bond donors (Lipinski definition) is 1. The summed E-state index contributed by atoms with van der Waals surface area (Å²) in [7, 11) is 2.05. The summed E-state index contributed by atoms with van der Waals surface area (Å²) in [5, 5.41) is 11.1. The van der Waals surface area contributed by atoms with Gasteiger partial charge in [-0.1, -0.05) is 25.1 Å². The molecule has 1 aromatic rings. The zero-order valence-corrected chi connectivity index (χ0v) is 21.5. The van der Waals surface area contributed by atoms with E-state index in [2.05, 4.69) is 31.0 Å². The van der Waals surface area contributed by atoms with Crippen LogP contribution in [-0.2, 0) is 9.53 Å². The van der Waals surface area contributed by atoms with Crippen LogP contribution < -0.4 is 4.90 Å². The quantitative estimate of drug-likeness (QED) is 0.556. The van der Waals surface area contributed by atoms with Crippen molar-refractivity contribution in [3.63, 3.8) is 0 Å². The van der Waals surface area contributed by atoms with Gasteiger partial charge in [0.2, 0.25) is 0 Å². The molecule has 8 atom stereocenters. The maximum absolute atomic E-state index is 13.6. The summed E-state index contributed by atoms with van der Waals surface area (Å²) in [5.74, 6) is 4.36. The highest BCUT2D eigenvalue weighted by Gasteiger charge is 2.59. The third-order valence-electron chi connectivity index (χ3n) is 10.7. The number of para-hydroxylation sites is 1. The molecule has 4 heteroatoms. The summed E-state index contributed by atoms with van der Waals surface area (Å²) in [6, 6.07) is 10.3. The van der Waals surface area contributed by atoms with Gasteiger partial charge < -0.3 is 14.7 Å². The highest BCUT2D eigenvalue weighted by Crippen LogP contribution is 2.64. The number of fused-ring (bicyclic) bond motifs is 5. The third kappa shape index (κ3) is 4.34. The van der Waals surface area contributed by atoms with E-state index in [1.165, 1.54) is 32.1 Å². The number of carbonyl (C=O) groups is 1. The smallest absolute Gasteiger partial charge is 0.155 e. The first-order valence-corrected chi connectivity index (χ1v) is 13.9. The van der Waals surface area contributed by atoms with Crippen LogP contribution in [0.1, 0.15) is 71.6 Å². The van der Waals surface area contributed by atoms with E-state index >= 15 is 0 Å². The van der Waals surface area contributed by atoms with Gasteiger partial charge in [-0.3, -0.25) is 4.79 Å².